The zero-order valence-electron chi connectivity index (χ0n) is 11.8. The van der Waals surface area contributed by atoms with Crippen molar-refractivity contribution in [3.8, 4) is 0 Å². The Morgan fingerprint density at radius 1 is 1.36 bits per heavy atom. The second kappa shape index (κ2) is 5.88. The Kier molecular flexibility index (Phi) is 3.94. The Bertz CT molecular complexity index is 860. The summed E-state index contributed by atoms with van der Waals surface area (Å²) in [6.45, 7) is 1.94. The third kappa shape index (κ3) is 2.74. The number of carbonyl (C=O) groups is 1. The van der Waals surface area contributed by atoms with Crippen LogP contribution in [-0.2, 0) is 6.42 Å². The number of hydrogen-bond donors (Lipinski definition) is 1. The summed E-state index contributed by atoms with van der Waals surface area (Å²) in [5, 5.41) is 2.72. The van der Waals surface area contributed by atoms with Gasteiger partial charge >= 0.3 is 0 Å². The molecule has 0 saturated heterocycles. The zero-order chi connectivity index (χ0) is 15.7. The molecule has 0 saturated carbocycles. The van der Waals surface area contributed by atoms with E-state index in [1.54, 1.807) is 22.7 Å². The van der Waals surface area contributed by atoms with E-state index in [2.05, 4.69) is 26.2 Å². The number of aromatic nitrogens is 2. The van der Waals surface area contributed by atoms with Crippen molar-refractivity contribution in [3.05, 3.63) is 64.3 Å². The molecule has 2 heterocycles. The Hall–Kier alpha value is -2.21. The van der Waals surface area contributed by atoms with Crippen LogP contribution in [0, 0.1) is 5.82 Å². The van der Waals surface area contributed by atoms with E-state index in [9.17, 15) is 9.18 Å². The second-order valence-electron chi connectivity index (χ2n) is 4.80. The Morgan fingerprint density at radius 3 is 2.91 bits per heavy atom. The summed E-state index contributed by atoms with van der Waals surface area (Å²) in [7, 11) is 0. The van der Waals surface area contributed by atoms with Crippen LogP contribution in [0.15, 0.2) is 47.1 Å². The number of aryl methyl sites for hydroxylation is 1. The molecule has 1 aromatic carbocycles. The highest BCUT2D eigenvalue weighted by Gasteiger charge is 2.18. The van der Waals surface area contributed by atoms with Gasteiger partial charge in [-0.3, -0.25) is 9.20 Å². The predicted molar refractivity (Wildman–Crippen MR) is 86.6 cm³/mol. The van der Waals surface area contributed by atoms with Crippen molar-refractivity contribution in [2.75, 3.05) is 5.32 Å². The van der Waals surface area contributed by atoms with Gasteiger partial charge in [0.2, 0.25) is 0 Å². The maximum absolute atomic E-state index is 13.2. The van der Waals surface area contributed by atoms with Gasteiger partial charge < -0.3 is 5.32 Å². The Labute approximate surface area is 135 Å². The molecule has 0 atom stereocenters. The first-order valence-electron chi connectivity index (χ1n) is 6.82. The molecule has 112 valence electrons. The van der Waals surface area contributed by atoms with Crippen molar-refractivity contribution in [3.63, 3.8) is 0 Å². The topological polar surface area (TPSA) is 46.4 Å². The molecule has 0 unspecified atom stereocenters. The van der Waals surface area contributed by atoms with E-state index in [4.69, 9.17) is 0 Å². The van der Waals surface area contributed by atoms with E-state index in [1.165, 1.54) is 12.1 Å². The van der Waals surface area contributed by atoms with E-state index < -0.39 is 5.82 Å². The Balaban J connectivity index is 2.04. The fraction of sp³-hybridized carbons (Fsp3) is 0.125. The van der Waals surface area contributed by atoms with Gasteiger partial charge in [-0.2, -0.15) is 0 Å². The molecule has 3 aromatic rings. The summed E-state index contributed by atoms with van der Waals surface area (Å²) in [5.74, 6) is -0.706. The molecule has 1 N–H and O–H groups in total. The molecule has 0 aliphatic rings. The van der Waals surface area contributed by atoms with Crippen LogP contribution >= 0.6 is 15.9 Å². The average molecular weight is 362 g/mol. The number of benzene rings is 1. The third-order valence-corrected chi connectivity index (χ3v) is 3.76. The molecule has 0 aliphatic heterocycles. The van der Waals surface area contributed by atoms with Crippen LogP contribution in [0.3, 0.4) is 0 Å². The molecule has 3 rings (SSSR count). The standard InChI is InChI=1S/C16H13BrFN3O/c1-2-13-15(21-9-10(17)6-7-14(21)20-13)16(22)19-12-5-3-4-11(18)8-12/h3-9H,2H2,1H3,(H,19,22). The van der Waals surface area contributed by atoms with Gasteiger partial charge in [0.15, 0.2) is 0 Å². The van der Waals surface area contributed by atoms with Crippen LogP contribution in [0.25, 0.3) is 5.65 Å². The maximum atomic E-state index is 13.2. The molecule has 0 aliphatic carbocycles. The highest BCUT2D eigenvalue weighted by Crippen LogP contribution is 2.19. The zero-order valence-corrected chi connectivity index (χ0v) is 13.4. The molecule has 0 fully saturated rings. The minimum absolute atomic E-state index is 0.312. The van der Waals surface area contributed by atoms with E-state index >= 15 is 0 Å². The number of carbonyl (C=O) groups excluding carboxylic acids is 1. The minimum Gasteiger partial charge on any atom is -0.321 e. The number of pyridine rings is 1. The molecule has 2 aromatic heterocycles. The van der Waals surface area contributed by atoms with Crippen molar-refractivity contribution >= 4 is 33.2 Å². The van der Waals surface area contributed by atoms with E-state index in [1.807, 2.05) is 19.1 Å². The quantitative estimate of drug-likeness (QED) is 0.764. The lowest BCUT2D eigenvalue weighted by Crippen LogP contribution is -2.16. The van der Waals surface area contributed by atoms with Crippen LogP contribution in [0.5, 0.6) is 0 Å². The fourth-order valence-electron chi connectivity index (χ4n) is 2.31. The van der Waals surface area contributed by atoms with Gasteiger partial charge in [-0.05, 0) is 52.7 Å². The van der Waals surface area contributed by atoms with E-state index in [0.29, 0.717) is 29.1 Å². The predicted octanol–water partition coefficient (Wildman–Crippen LogP) is 4.05. The largest absolute Gasteiger partial charge is 0.321 e. The number of anilines is 1. The van der Waals surface area contributed by atoms with Crippen LogP contribution < -0.4 is 5.32 Å². The van der Waals surface area contributed by atoms with E-state index in [-0.39, 0.29) is 5.91 Å². The SMILES string of the molecule is CCc1nc2ccc(Br)cn2c1C(=O)Nc1cccc(F)c1. The number of hydrogen-bond acceptors (Lipinski definition) is 2. The van der Waals surface area contributed by atoms with Crippen LogP contribution in [-0.4, -0.2) is 15.3 Å². The van der Waals surface area contributed by atoms with E-state index in [0.717, 1.165) is 4.47 Å². The normalized spacial score (nSPS) is 10.9. The highest BCUT2D eigenvalue weighted by molar-refractivity contribution is 9.10. The highest BCUT2D eigenvalue weighted by atomic mass is 79.9. The summed E-state index contributed by atoms with van der Waals surface area (Å²) in [6, 6.07) is 9.52. The minimum atomic E-state index is -0.394. The van der Waals surface area contributed by atoms with Crippen molar-refractivity contribution in [2.45, 2.75) is 13.3 Å². The van der Waals surface area contributed by atoms with Crippen LogP contribution in [0.4, 0.5) is 10.1 Å². The Morgan fingerprint density at radius 2 is 2.18 bits per heavy atom. The summed E-state index contributed by atoms with van der Waals surface area (Å²) in [6.07, 6.45) is 2.42. The number of imidazole rings is 1. The van der Waals surface area contributed by atoms with Gasteiger partial charge in [0, 0.05) is 16.4 Å². The lowest BCUT2D eigenvalue weighted by atomic mass is 10.2. The summed E-state index contributed by atoms with van der Waals surface area (Å²) < 4.78 is 15.8. The lowest BCUT2D eigenvalue weighted by Gasteiger charge is -2.07. The van der Waals surface area contributed by atoms with Crippen molar-refractivity contribution in [1.82, 2.24) is 9.38 Å². The average Bonchev–Trinajstić information content (AvgIpc) is 2.85. The molecule has 0 spiro atoms. The van der Waals surface area contributed by atoms with Gasteiger partial charge in [0.25, 0.3) is 5.91 Å². The number of fused-ring (bicyclic) bond motifs is 1. The summed E-state index contributed by atoms with van der Waals surface area (Å²) >= 11 is 3.39. The fourth-order valence-corrected chi connectivity index (χ4v) is 2.65. The van der Waals surface area contributed by atoms with Gasteiger partial charge in [0.1, 0.15) is 17.2 Å². The summed E-state index contributed by atoms with van der Waals surface area (Å²) in [5.41, 5.74) is 2.27. The van der Waals surface area contributed by atoms with Gasteiger partial charge in [0.05, 0.1) is 5.69 Å². The number of nitrogens with zero attached hydrogens (tertiary/aromatic N) is 2. The third-order valence-electron chi connectivity index (χ3n) is 3.29. The first-order chi connectivity index (χ1) is 10.6. The van der Waals surface area contributed by atoms with Crippen molar-refractivity contribution in [2.24, 2.45) is 0 Å². The molecule has 22 heavy (non-hydrogen) atoms. The number of nitrogens with one attached hydrogen (secondary N) is 1. The molecule has 0 radical (unpaired) electrons. The summed E-state index contributed by atoms with van der Waals surface area (Å²) in [4.78, 5) is 17.0. The van der Waals surface area contributed by atoms with Gasteiger partial charge in [-0.15, -0.1) is 0 Å². The number of rotatable bonds is 3. The van der Waals surface area contributed by atoms with Gasteiger partial charge in [-0.25, -0.2) is 9.37 Å². The first kappa shape index (κ1) is 14.7. The van der Waals surface area contributed by atoms with Crippen molar-refractivity contribution < 1.29 is 9.18 Å². The lowest BCUT2D eigenvalue weighted by molar-refractivity contribution is 0.102. The van der Waals surface area contributed by atoms with Crippen molar-refractivity contribution in [1.29, 1.82) is 0 Å². The number of amides is 1. The number of halogens is 2. The van der Waals surface area contributed by atoms with Crippen LogP contribution in [0.2, 0.25) is 0 Å². The molecule has 6 heteroatoms. The monoisotopic (exact) mass is 361 g/mol. The second-order valence-corrected chi connectivity index (χ2v) is 5.72. The van der Waals surface area contributed by atoms with Gasteiger partial charge in [-0.1, -0.05) is 13.0 Å². The maximum Gasteiger partial charge on any atom is 0.274 e. The molecular formula is C16H13BrFN3O. The molecule has 1 amide bonds. The molecule has 0 bridgehead atoms. The molecular weight excluding hydrogens is 349 g/mol. The van der Waals surface area contributed by atoms with Crippen LogP contribution in [0.1, 0.15) is 23.1 Å². The first-order valence-corrected chi connectivity index (χ1v) is 7.61. The molecule has 4 nitrogen and oxygen atoms in total. The smallest absolute Gasteiger partial charge is 0.274 e.